The molecule has 4 aromatic heterocycles. The molecule has 12 heteroatoms. The van der Waals surface area contributed by atoms with Crippen molar-refractivity contribution in [3.8, 4) is 0 Å². The molecule has 1 aliphatic rings. The van der Waals surface area contributed by atoms with Crippen molar-refractivity contribution >= 4 is 47.2 Å². The molecule has 0 radical (unpaired) electrons. The van der Waals surface area contributed by atoms with Crippen LogP contribution in [0.4, 0.5) is 0 Å². The minimum absolute atomic E-state index is 0.171. The maximum atomic E-state index is 11.9. The molecule has 0 saturated heterocycles. The first-order chi connectivity index (χ1) is 23.0. The SMILES string of the molecule is O=C(O)c1cc(C(=O)O)cc(C2=c3ccc([nH]3)=Cc3ccc([nH]3)C(c3cc(C(=O)O)cc(C(=O)O)c3)=c3ccc([nH]3)=Cc3ccc2[nH]3)c1. The lowest BCUT2D eigenvalue weighted by atomic mass is 9.97. The average molecular weight is 641 g/mol. The second-order valence-electron chi connectivity index (χ2n) is 11.2. The summed E-state index contributed by atoms with van der Waals surface area (Å²) in [6, 6.07) is 22.4. The molecule has 0 amide bonds. The van der Waals surface area contributed by atoms with Gasteiger partial charge in [-0.1, -0.05) is 0 Å². The van der Waals surface area contributed by atoms with Crippen molar-refractivity contribution in [3.05, 3.63) is 162 Å². The molecule has 12 nitrogen and oxygen atoms in total. The van der Waals surface area contributed by atoms with Crippen molar-refractivity contribution in [2.24, 2.45) is 0 Å². The van der Waals surface area contributed by atoms with Crippen molar-refractivity contribution in [2.75, 3.05) is 0 Å². The van der Waals surface area contributed by atoms with Gasteiger partial charge in [0.2, 0.25) is 0 Å². The number of H-pyrrole nitrogens is 4. The summed E-state index contributed by atoms with van der Waals surface area (Å²) in [6.07, 6.45) is 3.66. The number of hydrogen-bond donors (Lipinski definition) is 8. The average Bonchev–Trinajstić information content (AvgIpc) is 3.88. The first-order valence-corrected chi connectivity index (χ1v) is 14.5. The minimum Gasteiger partial charge on any atom is -0.478 e. The van der Waals surface area contributed by atoms with Crippen LogP contribution < -0.4 is 21.4 Å². The van der Waals surface area contributed by atoms with Gasteiger partial charge in [0.1, 0.15) is 0 Å². The van der Waals surface area contributed by atoms with Gasteiger partial charge in [-0.05, 0) is 108 Å². The van der Waals surface area contributed by atoms with Gasteiger partial charge < -0.3 is 40.4 Å². The molecule has 1 aliphatic heterocycles. The number of aromatic nitrogens is 4. The highest BCUT2D eigenvalue weighted by Crippen LogP contribution is 2.25. The molecule has 236 valence electrons. The van der Waals surface area contributed by atoms with Crippen molar-refractivity contribution in [1.29, 1.82) is 0 Å². The lowest BCUT2D eigenvalue weighted by molar-refractivity contribution is 0.0676. The Morgan fingerprint density at radius 1 is 0.417 bits per heavy atom. The second-order valence-corrected chi connectivity index (χ2v) is 11.2. The number of fused-ring (bicyclic) bond motifs is 8. The summed E-state index contributed by atoms with van der Waals surface area (Å²) in [5.41, 5.74) is 3.69. The Morgan fingerprint density at radius 3 is 1.10 bits per heavy atom. The summed E-state index contributed by atoms with van der Waals surface area (Å²) in [6.45, 7) is 0. The molecular formula is C36H24N4O8. The van der Waals surface area contributed by atoms with Gasteiger partial charge >= 0.3 is 23.9 Å². The van der Waals surface area contributed by atoms with Gasteiger partial charge in [0.15, 0.2) is 0 Å². The zero-order valence-corrected chi connectivity index (χ0v) is 24.7. The molecule has 6 aromatic rings. The Bertz CT molecular complexity index is 2350. The molecule has 2 aromatic carbocycles. The Kier molecular flexibility index (Phi) is 7.02. The number of hydrogen-bond acceptors (Lipinski definition) is 4. The van der Waals surface area contributed by atoms with Crippen LogP contribution in [-0.4, -0.2) is 64.2 Å². The Balaban J connectivity index is 1.51. The van der Waals surface area contributed by atoms with E-state index in [1.807, 2.05) is 36.4 Å². The van der Waals surface area contributed by atoms with Gasteiger partial charge in [0.25, 0.3) is 0 Å². The fraction of sp³-hybridized carbons (Fsp3) is 0. The normalized spacial score (nSPS) is 12.2. The van der Waals surface area contributed by atoms with Crippen LogP contribution in [0.1, 0.15) is 75.3 Å². The maximum Gasteiger partial charge on any atom is 0.335 e. The number of aromatic carboxylic acids is 4. The summed E-state index contributed by atoms with van der Waals surface area (Å²) in [5, 5.41) is 41.5. The van der Waals surface area contributed by atoms with Crippen LogP contribution in [0.3, 0.4) is 0 Å². The van der Waals surface area contributed by atoms with E-state index in [9.17, 15) is 39.6 Å². The van der Waals surface area contributed by atoms with Crippen molar-refractivity contribution < 1.29 is 39.6 Å². The molecule has 7 rings (SSSR count). The van der Waals surface area contributed by atoms with E-state index in [-0.39, 0.29) is 22.3 Å². The summed E-state index contributed by atoms with van der Waals surface area (Å²) in [4.78, 5) is 61.1. The minimum atomic E-state index is -1.26. The molecule has 0 atom stereocenters. The fourth-order valence-electron chi connectivity index (χ4n) is 5.85. The third-order valence-electron chi connectivity index (χ3n) is 7.96. The molecule has 0 spiro atoms. The zero-order chi connectivity index (χ0) is 33.7. The first-order valence-electron chi connectivity index (χ1n) is 14.5. The van der Waals surface area contributed by atoms with E-state index in [1.54, 1.807) is 24.3 Å². The van der Waals surface area contributed by atoms with Gasteiger partial charge in [0.05, 0.1) is 22.3 Å². The maximum absolute atomic E-state index is 11.9. The summed E-state index contributed by atoms with van der Waals surface area (Å²) >= 11 is 0. The van der Waals surface area contributed by atoms with E-state index in [0.29, 0.717) is 66.4 Å². The fourth-order valence-corrected chi connectivity index (χ4v) is 5.85. The number of aromatic amines is 4. The first kappa shape index (κ1) is 29.6. The number of benzene rings is 2. The number of carbonyl (C=O) groups is 4. The van der Waals surface area contributed by atoms with Crippen LogP contribution in [0.2, 0.25) is 0 Å². The van der Waals surface area contributed by atoms with Gasteiger partial charge in [-0.25, -0.2) is 19.2 Å². The largest absolute Gasteiger partial charge is 0.478 e. The summed E-state index contributed by atoms with van der Waals surface area (Å²) < 4.78 is 0. The van der Waals surface area contributed by atoms with Gasteiger partial charge in [-0.2, -0.15) is 0 Å². The number of nitrogens with one attached hydrogen (secondary N) is 4. The molecule has 48 heavy (non-hydrogen) atoms. The van der Waals surface area contributed by atoms with Crippen LogP contribution in [0, 0.1) is 0 Å². The van der Waals surface area contributed by atoms with Crippen molar-refractivity contribution in [2.45, 2.75) is 0 Å². The molecule has 5 heterocycles. The van der Waals surface area contributed by atoms with E-state index in [1.165, 1.54) is 24.3 Å². The second kappa shape index (κ2) is 11.4. The quantitative estimate of drug-likeness (QED) is 0.135. The lowest BCUT2D eigenvalue weighted by Gasteiger charge is -2.09. The van der Waals surface area contributed by atoms with Gasteiger partial charge in [-0.3, -0.25) is 0 Å². The number of carboxylic acid groups (broad SMARTS) is 4. The van der Waals surface area contributed by atoms with Crippen LogP contribution in [0.25, 0.3) is 23.3 Å². The third kappa shape index (κ3) is 5.49. The van der Waals surface area contributed by atoms with Crippen molar-refractivity contribution in [3.63, 3.8) is 0 Å². The van der Waals surface area contributed by atoms with Crippen LogP contribution >= 0.6 is 0 Å². The van der Waals surface area contributed by atoms with Crippen molar-refractivity contribution in [1.82, 2.24) is 19.9 Å². The van der Waals surface area contributed by atoms with Gasteiger partial charge in [0, 0.05) is 55.3 Å². The third-order valence-corrected chi connectivity index (χ3v) is 7.96. The van der Waals surface area contributed by atoms with E-state index >= 15 is 0 Å². The monoisotopic (exact) mass is 640 g/mol. The van der Waals surface area contributed by atoms with E-state index in [0.717, 1.165) is 12.1 Å². The predicted molar refractivity (Wildman–Crippen MR) is 173 cm³/mol. The van der Waals surface area contributed by atoms with E-state index < -0.39 is 23.9 Å². The molecule has 8 bridgehead atoms. The Morgan fingerprint density at radius 2 is 0.771 bits per heavy atom. The molecule has 0 aliphatic carbocycles. The van der Waals surface area contributed by atoms with Crippen LogP contribution in [0.15, 0.2) is 84.9 Å². The topological polar surface area (TPSA) is 212 Å². The van der Waals surface area contributed by atoms with Crippen LogP contribution in [-0.2, 0) is 0 Å². The Hall–Kier alpha value is -7.08. The predicted octanol–water partition coefficient (Wildman–Crippen LogP) is 2.26. The molecular weight excluding hydrogens is 616 g/mol. The highest BCUT2D eigenvalue weighted by Gasteiger charge is 2.19. The highest BCUT2D eigenvalue weighted by atomic mass is 16.4. The Labute approximate surface area is 269 Å². The smallest absolute Gasteiger partial charge is 0.335 e. The summed E-state index contributed by atoms with van der Waals surface area (Å²) in [7, 11) is 0. The molecule has 0 unspecified atom stereocenters. The standard InChI is InChI=1S/C36H24N4O8/c41-33(42)19-9-17(10-20(13-19)34(43)44)31-27-5-1-23(37-27)15-24-2-6-29(38-24)32(18-11-21(35(45)46)14-22(12-18)36(47)48)30-8-4-26(40-30)16-25-3-7-28(31)39-25/h1-16,37-40H,(H,41,42)(H,43,44)(H,45,46)(H,47,48). The molecule has 8 N–H and O–H groups in total. The number of carboxylic acids is 4. The number of rotatable bonds is 6. The van der Waals surface area contributed by atoms with Gasteiger partial charge in [-0.15, -0.1) is 0 Å². The summed E-state index contributed by atoms with van der Waals surface area (Å²) in [5.74, 6) is -5.04. The van der Waals surface area contributed by atoms with Crippen LogP contribution in [0.5, 0.6) is 0 Å². The van der Waals surface area contributed by atoms with E-state index in [2.05, 4.69) is 19.9 Å². The van der Waals surface area contributed by atoms with E-state index in [4.69, 9.17) is 0 Å². The highest BCUT2D eigenvalue weighted by molar-refractivity contribution is 5.97. The molecule has 0 fully saturated rings. The zero-order valence-electron chi connectivity index (χ0n) is 24.7. The lowest BCUT2D eigenvalue weighted by Crippen LogP contribution is -2.16. The molecule has 0 saturated carbocycles.